The molecule has 0 aliphatic carbocycles. The van der Waals surface area contributed by atoms with Crippen LogP contribution in [-0.2, 0) is 9.99 Å². The van der Waals surface area contributed by atoms with Gasteiger partial charge in [-0.25, -0.2) is 4.58 Å². The molecule has 0 bridgehead atoms. The maximum atomic E-state index is 9.47. The fourth-order valence-corrected chi connectivity index (χ4v) is 2.60. The monoisotopic (exact) mass is 327 g/mol. The molecule has 0 spiro atoms. The Morgan fingerprint density at radius 2 is 1.65 bits per heavy atom. The molecule has 3 nitrogen and oxygen atoms in total. The predicted octanol–water partition coefficient (Wildman–Crippen LogP) is 4.92. The first-order valence-corrected chi connectivity index (χ1v) is 9.96. The first-order chi connectivity index (χ1) is 10.8. The van der Waals surface area contributed by atoms with Crippen molar-refractivity contribution in [2.45, 2.75) is 32.4 Å². The fraction of sp³-hybridized carbons (Fsp3) is 0.263. The summed E-state index contributed by atoms with van der Waals surface area (Å²) in [5.41, 5.74) is 2.97. The molecule has 121 valence electrons. The molecule has 23 heavy (non-hydrogen) atoms. The summed E-state index contributed by atoms with van der Waals surface area (Å²) in [5, 5.41) is 9.47. The van der Waals surface area contributed by atoms with Gasteiger partial charge in [-0.3, -0.25) is 0 Å². The van der Waals surface area contributed by atoms with Crippen molar-refractivity contribution in [1.82, 2.24) is 0 Å². The Labute approximate surface area is 139 Å². The number of phenols is 1. The van der Waals surface area contributed by atoms with Crippen LogP contribution in [0, 0.1) is 0 Å². The van der Waals surface area contributed by atoms with Crippen LogP contribution in [0.5, 0.6) is 11.5 Å². The van der Waals surface area contributed by atoms with E-state index in [4.69, 9.17) is 9.46 Å². The van der Waals surface area contributed by atoms with E-state index in [1.807, 2.05) is 37.4 Å². The van der Waals surface area contributed by atoms with Gasteiger partial charge >= 0.3 is 0 Å². The largest absolute Gasteiger partial charge is 0.508 e. The van der Waals surface area contributed by atoms with E-state index in [9.17, 15) is 5.11 Å². The average Bonchev–Trinajstić information content (AvgIpc) is 2.53. The number of hydrogen-bond donors (Lipinski definition) is 1. The Kier molecular flexibility index (Phi) is 5.29. The molecule has 1 N–H and O–H groups in total. The van der Waals surface area contributed by atoms with Crippen molar-refractivity contribution in [1.29, 1.82) is 0 Å². The zero-order valence-electron chi connectivity index (χ0n) is 14.1. The quantitative estimate of drug-likeness (QED) is 0.465. The summed E-state index contributed by atoms with van der Waals surface area (Å²) in [6, 6.07) is 13.3. The summed E-state index contributed by atoms with van der Waals surface area (Å²) in [6.45, 7) is 12.2. The Morgan fingerprint density at radius 1 is 1.04 bits per heavy atom. The van der Waals surface area contributed by atoms with Gasteiger partial charge in [-0.05, 0) is 48.5 Å². The van der Waals surface area contributed by atoms with Crippen molar-refractivity contribution in [2.24, 2.45) is 0 Å². The highest BCUT2D eigenvalue weighted by molar-refractivity contribution is 6.48. The molecule has 0 aliphatic heterocycles. The molecular formula is C19H23O3Si. The molecule has 0 atom stereocenters. The maximum Gasteiger partial charge on any atom is 0.271 e. The van der Waals surface area contributed by atoms with Gasteiger partial charge in [0.05, 0.1) is 0 Å². The number of phenolic OH excluding ortho intramolecular Hbond substituents is 1. The lowest BCUT2D eigenvalue weighted by molar-refractivity contribution is -0.104. The van der Waals surface area contributed by atoms with Crippen LogP contribution in [0.3, 0.4) is 0 Å². The SMILES string of the molecule is C=Cc1cc(C(C)(C)c2ccc(O)cc2)ccc1OO[Si](C)C. The van der Waals surface area contributed by atoms with Gasteiger partial charge in [0.25, 0.3) is 9.04 Å². The first-order valence-electron chi connectivity index (χ1n) is 7.55. The third kappa shape index (κ3) is 4.03. The summed E-state index contributed by atoms with van der Waals surface area (Å²) < 4.78 is 5.32. The maximum absolute atomic E-state index is 9.47. The second-order valence-corrected chi connectivity index (χ2v) is 8.19. The molecule has 0 amide bonds. The first kappa shape index (κ1) is 17.3. The molecule has 0 heterocycles. The topological polar surface area (TPSA) is 38.7 Å². The Balaban J connectivity index is 2.35. The fourth-order valence-electron chi connectivity index (χ4n) is 2.35. The van der Waals surface area contributed by atoms with Crippen molar-refractivity contribution < 1.29 is 14.6 Å². The molecular weight excluding hydrogens is 304 g/mol. The minimum Gasteiger partial charge on any atom is -0.508 e. The second-order valence-electron chi connectivity index (χ2n) is 6.20. The third-order valence-electron chi connectivity index (χ3n) is 3.84. The van der Waals surface area contributed by atoms with Gasteiger partial charge in [0.1, 0.15) is 5.75 Å². The van der Waals surface area contributed by atoms with Crippen molar-refractivity contribution >= 4 is 15.1 Å². The van der Waals surface area contributed by atoms with Crippen molar-refractivity contribution in [2.75, 3.05) is 0 Å². The Morgan fingerprint density at radius 3 is 2.22 bits per heavy atom. The number of benzene rings is 2. The van der Waals surface area contributed by atoms with Crippen LogP contribution in [0.25, 0.3) is 6.08 Å². The van der Waals surface area contributed by atoms with E-state index in [-0.39, 0.29) is 11.2 Å². The summed E-state index contributed by atoms with van der Waals surface area (Å²) in [4.78, 5) is 5.42. The molecule has 0 fully saturated rings. The lowest BCUT2D eigenvalue weighted by Gasteiger charge is -2.27. The van der Waals surface area contributed by atoms with Crippen LogP contribution in [0.15, 0.2) is 49.0 Å². The van der Waals surface area contributed by atoms with Gasteiger partial charge in [0, 0.05) is 11.0 Å². The molecule has 4 heteroatoms. The molecule has 1 radical (unpaired) electrons. The second kappa shape index (κ2) is 7.02. The highest BCUT2D eigenvalue weighted by Crippen LogP contribution is 2.35. The molecule has 0 unspecified atom stereocenters. The van der Waals surface area contributed by atoms with E-state index in [2.05, 4.69) is 26.5 Å². The Hall–Kier alpha value is -2.04. The summed E-state index contributed by atoms with van der Waals surface area (Å²) in [5.74, 6) is 0.949. The summed E-state index contributed by atoms with van der Waals surface area (Å²) >= 11 is 0. The highest BCUT2D eigenvalue weighted by atomic mass is 28.3. The van der Waals surface area contributed by atoms with Crippen molar-refractivity contribution in [3.63, 3.8) is 0 Å². The summed E-state index contributed by atoms with van der Waals surface area (Å²) in [7, 11) is -0.922. The highest BCUT2D eigenvalue weighted by Gasteiger charge is 2.24. The zero-order chi connectivity index (χ0) is 17.0. The molecule has 0 aliphatic rings. The van der Waals surface area contributed by atoms with Crippen molar-refractivity contribution in [3.8, 4) is 11.5 Å². The van der Waals surface area contributed by atoms with Crippen molar-refractivity contribution in [3.05, 3.63) is 65.7 Å². The van der Waals surface area contributed by atoms with Crippen LogP contribution >= 0.6 is 0 Å². The van der Waals surface area contributed by atoms with Gasteiger partial charge in [-0.2, -0.15) is 0 Å². The van der Waals surface area contributed by atoms with E-state index in [0.717, 1.165) is 16.7 Å². The van der Waals surface area contributed by atoms with Crippen LogP contribution in [0.2, 0.25) is 13.1 Å². The van der Waals surface area contributed by atoms with Crippen LogP contribution in [0.4, 0.5) is 0 Å². The smallest absolute Gasteiger partial charge is 0.271 e. The minimum absolute atomic E-state index is 0.199. The van der Waals surface area contributed by atoms with E-state index >= 15 is 0 Å². The van der Waals surface area contributed by atoms with E-state index in [1.54, 1.807) is 18.2 Å². The molecule has 2 aromatic carbocycles. The normalized spacial score (nSPS) is 11.5. The molecule has 2 rings (SSSR count). The lowest BCUT2D eigenvalue weighted by Crippen LogP contribution is -2.19. The Bertz CT molecular complexity index is 676. The van der Waals surface area contributed by atoms with E-state index in [0.29, 0.717) is 5.75 Å². The van der Waals surface area contributed by atoms with Gasteiger partial charge in [0.2, 0.25) is 0 Å². The predicted molar refractivity (Wildman–Crippen MR) is 96.0 cm³/mol. The number of hydrogen-bond acceptors (Lipinski definition) is 3. The van der Waals surface area contributed by atoms with Gasteiger partial charge in [-0.1, -0.05) is 44.7 Å². The number of rotatable bonds is 6. The van der Waals surface area contributed by atoms with Crippen LogP contribution in [-0.4, -0.2) is 14.1 Å². The van der Waals surface area contributed by atoms with Gasteiger partial charge in [-0.15, -0.1) is 0 Å². The molecule has 0 saturated heterocycles. The van der Waals surface area contributed by atoms with Crippen LogP contribution in [0.1, 0.15) is 30.5 Å². The summed E-state index contributed by atoms with van der Waals surface area (Å²) in [6.07, 6.45) is 1.77. The molecule has 2 aromatic rings. The lowest BCUT2D eigenvalue weighted by atomic mass is 9.77. The van der Waals surface area contributed by atoms with Gasteiger partial charge < -0.3 is 9.99 Å². The third-order valence-corrected chi connectivity index (χ3v) is 4.26. The molecule has 0 aromatic heterocycles. The van der Waals surface area contributed by atoms with E-state index in [1.165, 1.54) is 0 Å². The minimum atomic E-state index is -0.922. The zero-order valence-corrected chi connectivity index (χ0v) is 15.1. The average molecular weight is 327 g/mol. The standard InChI is InChI=1S/C19H23O3Si/c1-6-14-13-16(9-12-18(14)21-22-23(4)5)19(2,3)15-7-10-17(20)11-8-15/h6-13,20H,1H2,2-5H3. The number of aromatic hydroxyl groups is 1. The molecule has 0 saturated carbocycles. The van der Waals surface area contributed by atoms with Gasteiger partial charge in [0.15, 0.2) is 5.75 Å². The van der Waals surface area contributed by atoms with Crippen LogP contribution < -0.4 is 4.89 Å². The van der Waals surface area contributed by atoms with E-state index < -0.39 is 9.04 Å².